The summed E-state index contributed by atoms with van der Waals surface area (Å²) in [6, 6.07) is 0. The van der Waals surface area contributed by atoms with Crippen molar-refractivity contribution in [3.8, 4) is 0 Å². The molecule has 794 valence electrons. The van der Waals surface area contributed by atoms with Crippen molar-refractivity contribution >= 4 is 110 Å². The van der Waals surface area contributed by atoms with Gasteiger partial charge in [0.15, 0.2) is 0 Å². The van der Waals surface area contributed by atoms with E-state index >= 15 is 0 Å². The van der Waals surface area contributed by atoms with Crippen LogP contribution in [0.5, 0.6) is 0 Å². The molecule has 14 unspecified atom stereocenters. The van der Waals surface area contributed by atoms with Crippen LogP contribution in [0.1, 0.15) is 220 Å². The Bertz CT molecular complexity index is 3310. The lowest BCUT2D eigenvalue weighted by molar-refractivity contribution is -0.0157. The largest absolute Gasteiger partial charge is 0.472 e. The van der Waals surface area contributed by atoms with E-state index in [2.05, 4.69) is 0 Å². The molecule has 14 atom stereocenters. The van der Waals surface area contributed by atoms with Gasteiger partial charge in [-0.2, -0.15) is 0 Å². The van der Waals surface area contributed by atoms with Crippen LogP contribution in [0.4, 0.5) is 0 Å². The van der Waals surface area contributed by atoms with Crippen LogP contribution < -0.4 is 0 Å². The van der Waals surface area contributed by atoms with E-state index in [1.807, 2.05) is 0 Å². The molecule has 56 nitrogen and oxygen atoms in total. The highest BCUT2D eigenvalue weighted by molar-refractivity contribution is 7.51. The van der Waals surface area contributed by atoms with Crippen LogP contribution in [0, 0.1) is 5.92 Å². The van der Waals surface area contributed by atoms with E-state index in [0.29, 0.717) is 0 Å². The molecule has 0 aliphatic heterocycles. The van der Waals surface area contributed by atoms with E-state index in [1.165, 1.54) is 0 Å². The van der Waals surface area contributed by atoms with Crippen molar-refractivity contribution in [2.45, 2.75) is 306 Å². The number of phosphoric ester groups is 14. The number of rotatable bonds is 86. The molecule has 0 bridgehead atoms. The maximum Gasteiger partial charge on any atom is 0.472 e. The molecule has 0 radical (unpaired) electrons. The highest BCUT2D eigenvalue weighted by Gasteiger charge is 2.44. The fourth-order valence-electron chi connectivity index (χ4n) is 9.84. The summed E-state index contributed by atoms with van der Waals surface area (Å²) in [7, 11) is -76.8. The topological polar surface area (TPSA) is 781 Å². The van der Waals surface area contributed by atoms with E-state index in [1.54, 1.807) is 111 Å². The first-order valence-electron chi connectivity index (χ1n) is 41.9. The lowest BCUT2D eigenvalue weighted by atomic mass is 10.2. The van der Waals surface area contributed by atoms with Crippen molar-refractivity contribution in [1.82, 2.24) is 0 Å². The fourth-order valence-corrected chi connectivity index (χ4v) is 24.2. The average molecular weight is 2220 g/mol. The Kier molecular flexibility index (Phi) is 65.3. The van der Waals surface area contributed by atoms with E-state index < -0.39 is 293 Å². The minimum Gasteiger partial charge on any atom is -0.302 e. The van der Waals surface area contributed by atoms with Gasteiger partial charge in [-0.1, -0.05) is 118 Å². The SMILES string of the molecule is CCC(CC)OP(=O)(O)OCC(COP(=O)(O)OC(CC)CC)OP(=O)(O)OCC(COP(=O)(O)OC(COP(=O)(O)OC(CC)CC)COP(=O)(O)OC(CC)CC)OP(=O)(O)OCC(C)COP(=O)(O)OC(COP(=O)(O)OC(COP(=O)(O)OC(CC)CC)COP(=O)(O)OC(CC)CC)COP(=O)(O)OC(COP(=O)(O)OC(CC)CC)COP(=O)(O)OC(CC)CC. The molecule has 0 saturated carbocycles. The molecule has 0 heterocycles. The lowest BCUT2D eigenvalue weighted by Crippen LogP contribution is -2.29. The van der Waals surface area contributed by atoms with Gasteiger partial charge in [-0.25, -0.2) is 63.9 Å². The molecular weight excluding hydrogens is 2070 g/mol. The maximum atomic E-state index is 14.0. The van der Waals surface area contributed by atoms with Crippen molar-refractivity contribution in [1.29, 1.82) is 0 Å². The molecule has 0 saturated heterocycles. The molecule has 0 aromatic rings. The van der Waals surface area contributed by atoms with Crippen molar-refractivity contribution in [3.05, 3.63) is 0 Å². The van der Waals surface area contributed by atoms with Crippen LogP contribution in [0.2, 0.25) is 0 Å². The molecule has 0 rings (SSSR count). The summed E-state index contributed by atoms with van der Waals surface area (Å²) < 4.78 is 329. The van der Waals surface area contributed by atoms with Crippen LogP contribution in [-0.2, 0) is 191 Å². The molecule has 0 aliphatic rings. The zero-order valence-electron chi connectivity index (χ0n) is 76.5. The van der Waals surface area contributed by atoms with E-state index in [4.69, 9.17) is 127 Å². The van der Waals surface area contributed by atoms with Crippen LogP contribution in [0.15, 0.2) is 0 Å². The van der Waals surface area contributed by atoms with Crippen LogP contribution in [0.25, 0.3) is 0 Å². The predicted octanol–water partition coefficient (Wildman–Crippen LogP) is 15.2. The van der Waals surface area contributed by atoms with E-state index in [9.17, 15) is 132 Å². The molecule has 0 spiro atoms. The molecule has 0 amide bonds. The van der Waals surface area contributed by atoms with Gasteiger partial charge in [-0.05, 0) is 103 Å². The Morgan fingerprint density at radius 3 is 0.280 bits per heavy atom. The van der Waals surface area contributed by atoms with E-state index in [-0.39, 0.29) is 103 Å². The molecule has 70 heteroatoms. The Morgan fingerprint density at radius 2 is 0.205 bits per heavy atom. The summed E-state index contributed by atoms with van der Waals surface area (Å²) in [5, 5.41) is 0. The molecule has 0 aromatic carbocycles. The van der Waals surface area contributed by atoms with Gasteiger partial charge < -0.3 is 68.5 Å². The second-order valence-electron chi connectivity index (χ2n) is 28.5. The van der Waals surface area contributed by atoms with Gasteiger partial charge in [0, 0.05) is 5.92 Å². The van der Waals surface area contributed by atoms with Gasteiger partial charge in [-0.3, -0.25) is 127 Å². The minimum atomic E-state index is -5.95. The summed E-state index contributed by atoms with van der Waals surface area (Å²) in [6.45, 7) is 6.58. The van der Waals surface area contributed by atoms with Crippen molar-refractivity contribution in [2.24, 2.45) is 5.92 Å². The summed E-state index contributed by atoms with van der Waals surface area (Å²) in [6.07, 6.45) is -18.8. The quantitative estimate of drug-likeness (QED) is 0.0252. The first-order valence-corrected chi connectivity index (χ1v) is 62.9. The smallest absolute Gasteiger partial charge is 0.302 e. The highest BCUT2D eigenvalue weighted by Crippen LogP contribution is 2.59. The first-order chi connectivity index (χ1) is 60.8. The third-order valence-electron chi connectivity index (χ3n) is 17.4. The summed E-state index contributed by atoms with van der Waals surface area (Å²) >= 11 is 0. The Balaban J connectivity index is 8.07. The molecule has 132 heavy (non-hydrogen) atoms. The first kappa shape index (κ1) is 134. The van der Waals surface area contributed by atoms with Crippen LogP contribution in [0.3, 0.4) is 0 Å². The van der Waals surface area contributed by atoms with Crippen molar-refractivity contribution < 1.29 is 259 Å². The molecule has 14 N–H and O–H groups in total. The van der Waals surface area contributed by atoms with Gasteiger partial charge >= 0.3 is 110 Å². The van der Waals surface area contributed by atoms with E-state index in [0.717, 1.165) is 6.92 Å². The molecule has 0 fully saturated rings. The Morgan fingerprint density at radius 1 is 0.136 bits per heavy atom. The Hall–Kier alpha value is 1.54. The third kappa shape index (κ3) is 63.7. The number of phosphoric acid groups is 14. The maximum absolute atomic E-state index is 14.0. The minimum absolute atomic E-state index is 0.157. The molecular formula is C62H140O56P14. The van der Waals surface area contributed by atoms with Crippen molar-refractivity contribution in [3.63, 3.8) is 0 Å². The number of hydrogen-bond acceptors (Lipinski definition) is 42. The normalized spacial score (nSPS) is 20.9. The van der Waals surface area contributed by atoms with Gasteiger partial charge in [0.05, 0.1) is 141 Å². The second kappa shape index (κ2) is 64.5. The third-order valence-corrected chi connectivity index (χ3v) is 31.9. The average Bonchev–Trinajstić information content (AvgIpc) is 0.847. The summed E-state index contributed by atoms with van der Waals surface area (Å²) in [4.78, 5) is 152. The van der Waals surface area contributed by atoms with Gasteiger partial charge in [0.1, 0.15) is 36.6 Å². The standard InChI is InChI=1S/C62H140O56P14/c1-18-49(19-2)105-121(67,68)93-36-59(37-94-122(69,70)106-50(20-3)21-4)115-129(83,84)101-44-57(45-102-130(85,86)116-60(38-95-123(71,72)107-51(22-5)23-6)39-96-124(73,74)108-52(24-7)25-8)113-119(63,64)91-34-48(17)35-92-120(65,66)114-58(46-103-131(87,88)117-61(40-97-125(75,76)109-53(26-9)27-10)41-98-126(77,78)110-54(28-11)29-12)47-104-132(89,90)118-62(42-99-127(79,80)111-55(30-13)31-14)43-100-128(81,82)112-56(32-15)33-16/h48-62H,18-47H2,1-17H3,(H,63,64)(H,65,66)(H,67,68)(H,69,70)(H,71,72)(H,73,74)(H,75,76)(H,77,78)(H,79,80)(H,81,82)(H,83,84)(H,85,86)(H,87,88)(H,89,90). The van der Waals surface area contributed by atoms with Crippen LogP contribution in [-0.4, -0.2) is 246 Å². The predicted molar refractivity (Wildman–Crippen MR) is 463 cm³/mol. The summed E-state index contributed by atoms with van der Waals surface area (Å²) in [5.74, 6) is -1.53. The highest BCUT2D eigenvalue weighted by atomic mass is 31.2. The second-order valence-corrected chi connectivity index (χ2v) is 48.2. The van der Waals surface area contributed by atoms with Gasteiger partial charge in [-0.15, -0.1) is 0 Å². The number of hydrogen-bond donors (Lipinski definition) is 14. The van der Waals surface area contributed by atoms with Crippen molar-refractivity contribution in [2.75, 3.05) is 92.5 Å². The molecule has 0 aromatic heterocycles. The Labute approximate surface area is 769 Å². The van der Waals surface area contributed by atoms with Gasteiger partial charge in [0.2, 0.25) is 0 Å². The zero-order valence-corrected chi connectivity index (χ0v) is 89.1. The van der Waals surface area contributed by atoms with Gasteiger partial charge in [0.25, 0.3) is 0 Å². The molecule has 0 aliphatic carbocycles. The summed E-state index contributed by atoms with van der Waals surface area (Å²) in [5.41, 5.74) is 0. The lowest BCUT2D eigenvalue weighted by Gasteiger charge is -2.27. The fraction of sp³-hybridized carbons (Fsp3) is 1.00. The zero-order chi connectivity index (χ0) is 102. The monoisotopic (exact) mass is 2210 g/mol. The van der Waals surface area contributed by atoms with Crippen LogP contribution >= 0.6 is 110 Å².